The van der Waals surface area contributed by atoms with Crippen molar-refractivity contribution in [1.29, 1.82) is 0 Å². The molecule has 0 saturated carbocycles. The first kappa shape index (κ1) is 10.3. The number of hydrogen-bond acceptors (Lipinski definition) is 2. The number of carboxylic acids is 1. The van der Waals surface area contributed by atoms with Gasteiger partial charge in [0, 0.05) is 9.26 Å². The maximum Gasteiger partial charge on any atom is 0.325 e. The van der Waals surface area contributed by atoms with Gasteiger partial charge in [0.25, 0.3) is 0 Å². The van der Waals surface area contributed by atoms with Crippen LogP contribution in [0.15, 0.2) is 24.3 Å². The van der Waals surface area contributed by atoms with Gasteiger partial charge >= 0.3 is 5.97 Å². The van der Waals surface area contributed by atoms with Crippen molar-refractivity contribution in [2.45, 2.75) is 13.0 Å². The molecule has 1 rings (SSSR count). The molecule has 70 valence electrons. The van der Waals surface area contributed by atoms with E-state index >= 15 is 0 Å². The van der Waals surface area contributed by atoms with Crippen LogP contribution in [-0.2, 0) is 4.79 Å². The largest absolute Gasteiger partial charge is 0.480 e. The van der Waals surface area contributed by atoms with E-state index in [-0.39, 0.29) is 0 Å². The normalized spacial score (nSPS) is 12.2. The number of halogens is 1. The number of nitrogens with one attached hydrogen (secondary N) is 1. The lowest BCUT2D eigenvalue weighted by Gasteiger charge is -2.11. The molecule has 2 N–H and O–H groups in total. The highest BCUT2D eigenvalue weighted by Crippen LogP contribution is 2.17. The highest BCUT2D eigenvalue weighted by atomic mass is 127. The van der Waals surface area contributed by atoms with Crippen LogP contribution >= 0.6 is 22.6 Å². The number of anilines is 1. The third kappa shape index (κ3) is 2.87. The molecule has 1 aromatic carbocycles. The number of carbonyl (C=O) groups is 1. The first-order chi connectivity index (χ1) is 6.11. The number of benzene rings is 1. The summed E-state index contributed by atoms with van der Waals surface area (Å²) in [6, 6.07) is 7.02. The Morgan fingerprint density at radius 3 is 2.69 bits per heavy atom. The predicted octanol–water partition coefficient (Wildman–Crippen LogP) is 2.18. The standard InChI is InChI=1S/C9H10INO2/c1-6(9(12)13)11-8-5-3-2-4-7(8)10/h2-6,11H,1H3,(H,12,13). The molecule has 0 bridgehead atoms. The molecular weight excluding hydrogens is 281 g/mol. The lowest BCUT2D eigenvalue weighted by molar-refractivity contribution is -0.137. The molecule has 3 nitrogen and oxygen atoms in total. The molecule has 0 aromatic heterocycles. The van der Waals surface area contributed by atoms with Gasteiger partial charge in [-0.05, 0) is 41.6 Å². The van der Waals surface area contributed by atoms with Gasteiger partial charge in [-0.1, -0.05) is 12.1 Å². The van der Waals surface area contributed by atoms with Crippen LogP contribution in [0.5, 0.6) is 0 Å². The molecule has 13 heavy (non-hydrogen) atoms. The highest BCUT2D eigenvalue weighted by Gasteiger charge is 2.10. The molecule has 0 aliphatic heterocycles. The Balaban J connectivity index is 2.74. The molecule has 0 saturated heterocycles. The van der Waals surface area contributed by atoms with Crippen molar-refractivity contribution in [3.63, 3.8) is 0 Å². The SMILES string of the molecule is CC(Nc1ccccc1I)C(=O)O. The molecule has 1 aromatic rings. The fraction of sp³-hybridized carbons (Fsp3) is 0.222. The van der Waals surface area contributed by atoms with Gasteiger partial charge in [-0.2, -0.15) is 0 Å². The van der Waals surface area contributed by atoms with Crippen molar-refractivity contribution >= 4 is 34.2 Å². The summed E-state index contributed by atoms with van der Waals surface area (Å²) >= 11 is 2.16. The minimum absolute atomic E-state index is 0.559. The molecule has 0 radical (unpaired) electrons. The van der Waals surface area contributed by atoms with Crippen LogP contribution in [0.3, 0.4) is 0 Å². The zero-order chi connectivity index (χ0) is 9.84. The molecule has 0 aliphatic rings. The second-order valence-electron chi connectivity index (χ2n) is 2.68. The van der Waals surface area contributed by atoms with Gasteiger partial charge < -0.3 is 10.4 Å². The van der Waals surface area contributed by atoms with Crippen molar-refractivity contribution in [3.05, 3.63) is 27.8 Å². The molecule has 1 atom stereocenters. The Morgan fingerprint density at radius 2 is 2.15 bits per heavy atom. The van der Waals surface area contributed by atoms with Crippen molar-refractivity contribution in [2.75, 3.05) is 5.32 Å². The zero-order valence-electron chi connectivity index (χ0n) is 7.12. The van der Waals surface area contributed by atoms with Crippen LogP contribution < -0.4 is 5.32 Å². The summed E-state index contributed by atoms with van der Waals surface area (Å²) < 4.78 is 1.02. The molecular formula is C9H10INO2. The first-order valence-corrected chi connectivity index (χ1v) is 4.93. The number of aliphatic carboxylic acids is 1. The minimum atomic E-state index is -0.848. The van der Waals surface area contributed by atoms with Crippen molar-refractivity contribution in [3.8, 4) is 0 Å². The first-order valence-electron chi connectivity index (χ1n) is 3.85. The number of carboxylic acid groups (broad SMARTS) is 1. The second-order valence-corrected chi connectivity index (χ2v) is 3.85. The van der Waals surface area contributed by atoms with Crippen molar-refractivity contribution < 1.29 is 9.90 Å². The summed E-state index contributed by atoms with van der Waals surface area (Å²) in [6.45, 7) is 1.62. The Bertz CT molecular complexity index is 314. The summed E-state index contributed by atoms with van der Waals surface area (Å²) in [5, 5.41) is 11.6. The van der Waals surface area contributed by atoms with Crippen LogP contribution in [0.1, 0.15) is 6.92 Å². The average molecular weight is 291 g/mol. The van der Waals surface area contributed by atoms with E-state index < -0.39 is 12.0 Å². The van der Waals surface area contributed by atoms with Crippen LogP contribution in [-0.4, -0.2) is 17.1 Å². The fourth-order valence-electron chi connectivity index (χ4n) is 0.873. The smallest absolute Gasteiger partial charge is 0.325 e. The van der Waals surface area contributed by atoms with E-state index in [1.165, 1.54) is 0 Å². The Kier molecular flexibility index (Phi) is 3.53. The third-order valence-corrected chi connectivity index (χ3v) is 2.56. The quantitative estimate of drug-likeness (QED) is 0.839. The number of hydrogen-bond donors (Lipinski definition) is 2. The summed E-state index contributed by atoms with van der Waals surface area (Å²) in [6.07, 6.45) is 0. The van der Waals surface area contributed by atoms with E-state index in [0.29, 0.717) is 0 Å². The molecule has 0 heterocycles. The van der Waals surface area contributed by atoms with Crippen LogP contribution in [0, 0.1) is 3.57 Å². The Morgan fingerprint density at radius 1 is 1.54 bits per heavy atom. The molecule has 0 aliphatic carbocycles. The topological polar surface area (TPSA) is 49.3 Å². The fourth-order valence-corrected chi connectivity index (χ4v) is 1.42. The highest BCUT2D eigenvalue weighted by molar-refractivity contribution is 14.1. The lowest BCUT2D eigenvalue weighted by Crippen LogP contribution is -2.25. The van der Waals surface area contributed by atoms with E-state index in [0.717, 1.165) is 9.26 Å². The molecule has 1 unspecified atom stereocenters. The van der Waals surface area contributed by atoms with E-state index in [1.807, 2.05) is 24.3 Å². The maximum absolute atomic E-state index is 10.5. The van der Waals surface area contributed by atoms with Gasteiger partial charge in [-0.15, -0.1) is 0 Å². The Labute approximate surface area is 90.3 Å². The summed E-state index contributed by atoms with van der Waals surface area (Å²) in [4.78, 5) is 10.5. The van der Waals surface area contributed by atoms with Crippen molar-refractivity contribution in [2.24, 2.45) is 0 Å². The molecule has 0 spiro atoms. The van der Waals surface area contributed by atoms with Gasteiger partial charge in [0.15, 0.2) is 0 Å². The maximum atomic E-state index is 10.5. The third-order valence-electron chi connectivity index (χ3n) is 1.62. The predicted molar refractivity (Wildman–Crippen MR) is 59.9 cm³/mol. The van der Waals surface area contributed by atoms with E-state index in [4.69, 9.17) is 5.11 Å². The molecule has 4 heteroatoms. The van der Waals surface area contributed by atoms with Crippen molar-refractivity contribution in [1.82, 2.24) is 0 Å². The summed E-state index contributed by atoms with van der Waals surface area (Å²) in [5.41, 5.74) is 0.859. The van der Waals surface area contributed by atoms with Gasteiger partial charge in [-0.3, -0.25) is 4.79 Å². The van der Waals surface area contributed by atoms with E-state index in [9.17, 15) is 4.79 Å². The Hall–Kier alpha value is -0.780. The monoisotopic (exact) mass is 291 g/mol. The van der Waals surface area contributed by atoms with Gasteiger partial charge in [0.05, 0.1) is 0 Å². The summed E-state index contributed by atoms with van der Waals surface area (Å²) in [7, 11) is 0. The van der Waals surface area contributed by atoms with Gasteiger partial charge in [0.2, 0.25) is 0 Å². The van der Waals surface area contributed by atoms with Crippen LogP contribution in [0.4, 0.5) is 5.69 Å². The zero-order valence-corrected chi connectivity index (χ0v) is 9.28. The minimum Gasteiger partial charge on any atom is -0.480 e. The lowest BCUT2D eigenvalue weighted by atomic mass is 10.3. The second kappa shape index (κ2) is 4.45. The van der Waals surface area contributed by atoms with Crippen LogP contribution in [0.2, 0.25) is 0 Å². The van der Waals surface area contributed by atoms with Gasteiger partial charge in [0.1, 0.15) is 6.04 Å². The number of para-hydroxylation sites is 1. The van der Waals surface area contributed by atoms with E-state index in [2.05, 4.69) is 27.9 Å². The van der Waals surface area contributed by atoms with E-state index in [1.54, 1.807) is 6.92 Å². The number of rotatable bonds is 3. The van der Waals surface area contributed by atoms with Crippen LogP contribution in [0.25, 0.3) is 0 Å². The van der Waals surface area contributed by atoms with Gasteiger partial charge in [-0.25, -0.2) is 0 Å². The summed E-state index contributed by atoms with van der Waals surface area (Å²) in [5.74, 6) is -0.848. The molecule has 0 fully saturated rings. The average Bonchev–Trinajstić information content (AvgIpc) is 2.08. The molecule has 0 amide bonds.